The molecule has 0 fully saturated rings. The van der Waals surface area contributed by atoms with Crippen LogP contribution in [0.3, 0.4) is 0 Å². The Kier molecular flexibility index (Phi) is 9.21. The van der Waals surface area contributed by atoms with Gasteiger partial charge in [0, 0.05) is 39.2 Å². The van der Waals surface area contributed by atoms with Crippen LogP contribution in [0, 0.1) is 20.8 Å². The van der Waals surface area contributed by atoms with Crippen molar-refractivity contribution in [3.05, 3.63) is 134 Å². The number of aryl methyl sites for hydroxylation is 3. The summed E-state index contributed by atoms with van der Waals surface area (Å²) >= 11 is 0. The summed E-state index contributed by atoms with van der Waals surface area (Å²) in [4.78, 5) is 5.41. The lowest BCUT2D eigenvalue weighted by Crippen LogP contribution is -2.61. The maximum Gasteiger partial charge on any atom is 0.252 e. The molecular weight excluding hydrogens is 848 g/mol. The minimum absolute atomic E-state index is 0.00830. The van der Waals surface area contributed by atoms with E-state index in [9.17, 15) is 0 Å². The fraction of sp³-hybridized carbons (Fsp3) is 0.455. The topological polar surface area (TPSA) is 19.6 Å². The SMILES string of the molecule is Cc1cc2c3c(c1)N(c1cc4c(cc1C)C(C)(C)CCC4(C)C)c1c(ccc4c1oc1ccc(C(C)(C)C)cc14)B3c1cc3c(cc1N2c1cc2c(cc1C)C(C)(C)CCC2(C)C)C(C)(C)CC3(C)C. The molecule has 3 heterocycles. The first-order chi connectivity index (χ1) is 32.5. The van der Waals surface area contributed by atoms with Crippen molar-refractivity contribution in [3.8, 4) is 0 Å². The molecule has 0 atom stereocenters. The number of fused-ring (bicyclic) bond motifs is 11. The van der Waals surface area contributed by atoms with Crippen molar-refractivity contribution in [1.29, 1.82) is 0 Å². The highest BCUT2D eigenvalue weighted by atomic mass is 16.3. The molecule has 3 aliphatic carbocycles. The van der Waals surface area contributed by atoms with Crippen LogP contribution in [0.25, 0.3) is 21.9 Å². The summed E-state index contributed by atoms with van der Waals surface area (Å²) in [6.45, 7) is 43.7. The number of benzene rings is 6. The molecule has 5 aliphatic rings. The molecule has 0 unspecified atom stereocenters. The summed E-state index contributed by atoms with van der Waals surface area (Å²) in [7, 11) is 0. The highest BCUT2D eigenvalue weighted by Gasteiger charge is 2.50. The van der Waals surface area contributed by atoms with Gasteiger partial charge in [0.25, 0.3) is 6.71 Å². The smallest absolute Gasteiger partial charge is 0.252 e. The Labute approximate surface area is 420 Å². The van der Waals surface area contributed by atoms with E-state index in [0.717, 1.165) is 24.0 Å². The molecule has 3 nitrogen and oxygen atoms in total. The first-order valence-corrected chi connectivity index (χ1v) is 26.8. The molecule has 0 N–H and O–H groups in total. The van der Waals surface area contributed by atoms with Gasteiger partial charge < -0.3 is 14.2 Å². The van der Waals surface area contributed by atoms with Gasteiger partial charge in [-0.25, -0.2) is 0 Å². The molecule has 0 bridgehead atoms. The van der Waals surface area contributed by atoms with Crippen LogP contribution < -0.4 is 26.2 Å². The highest BCUT2D eigenvalue weighted by Crippen LogP contribution is 2.56. The van der Waals surface area contributed by atoms with Crippen molar-refractivity contribution in [2.45, 2.75) is 195 Å². The van der Waals surface area contributed by atoms with E-state index in [1.54, 1.807) is 0 Å². The number of furan rings is 1. The van der Waals surface area contributed by atoms with Crippen LogP contribution in [0.4, 0.5) is 34.1 Å². The van der Waals surface area contributed by atoms with Gasteiger partial charge in [0.15, 0.2) is 5.58 Å². The molecule has 0 amide bonds. The van der Waals surface area contributed by atoms with Crippen LogP contribution in [-0.4, -0.2) is 6.71 Å². The van der Waals surface area contributed by atoms with E-state index in [1.807, 2.05) is 0 Å². The lowest BCUT2D eigenvalue weighted by molar-refractivity contribution is 0.332. The van der Waals surface area contributed by atoms with Gasteiger partial charge >= 0.3 is 0 Å². The van der Waals surface area contributed by atoms with Gasteiger partial charge in [-0.3, -0.25) is 0 Å². The Balaban J connectivity index is 1.23. The third-order valence-corrected chi connectivity index (χ3v) is 19.0. The lowest BCUT2D eigenvalue weighted by atomic mass is 9.33. The Morgan fingerprint density at radius 1 is 0.457 bits per heavy atom. The second-order valence-corrected chi connectivity index (χ2v) is 28.1. The van der Waals surface area contributed by atoms with E-state index in [2.05, 4.69) is 213 Å². The molecule has 360 valence electrons. The molecule has 12 rings (SSSR count). The molecule has 0 radical (unpaired) electrons. The van der Waals surface area contributed by atoms with Crippen LogP contribution in [0.15, 0.2) is 83.3 Å². The predicted molar refractivity (Wildman–Crippen MR) is 302 cm³/mol. The zero-order chi connectivity index (χ0) is 49.9. The molecule has 1 aromatic heterocycles. The number of hydrogen-bond acceptors (Lipinski definition) is 3. The molecular formula is C66H77BN2O. The predicted octanol–water partition coefficient (Wildman–Crippen LogP) is 16.5. The van der Waals surface area contributed by atoms with Gasteiger partial charge in [0.05, 0.1) is 5.69 Å². The minimum Gasteiger partial charge on any atom is -0.454 e. The summed E-state index contributed by atoms with van der Waals surface area (Å²) < 4.78 is 7.35. The first-order valence-electron chi connectivity index (χ1n) is 26.8. The monoisotopic (exact) mass is 925 g/mol. The van der Waals surface area contributed by atoms with Gasteiger partial charge in [0.2, 0.25) is 0 Å². The van der Waals surface area contributed by atoms with Crippen molar-refractivity contribution >= 4 is 79.2 Å². The molecule has 0 spiro atoms. The van der Waals surface area contributed by atoms with Crippen LogP contribution in [0.5, 0.6) is 0 Å². The highest BCUT2D eigenvalue weighted by molar-refractivity contribution is 7.00. The Bertz CT molecular complexity index is 3450. The summed E-state index contributed by atoms with van der Waals surface area (Å²) in [5.41, 5.74) is 28.3. The fourth-order valence-corrected chi connectivity index (χ4v) is 14.8. The maximum absolute atomic E-state index is 7.35. The van der Waals surface area contributed by atoms with Gasteiger partial charge in [-0.15, -0.1) is 0 Å². The second-order valence-electron chi connectivity index (χ2n) is 28.1. The average molecular weight is 925 g/mol. The van der Waals surface area contributed by atoms with E-state index in [1.165, 1.54) is 136 Å². The van der Waals surface area contributed by atoms with Crippen molar-refractivity contribution in [1.82, 2.24) is 0 Å². The zero-order valence-corrected chi connectivity index (χ0v) is 45.9. The van der Waals surface area contributed by atoms with Crippen LogP contribution in [0.2, 0.25) is 0 Å². The van der Waals surface area contributed by atoms with E-state index < -0.39 is 0 Å². The number of anilines is 6. The van der Waals surface area contributed by atoms with Crippen LogP contribution in [-0.2, 0) is 37.9 Å². The summed E-state index contributed by atoms with van der Waals surface area (Å²) in [6.07, 6.45) is 5.84. The fourth-order valence-electron chi connectivity index (χ4n) is 14.8. The van der Waals surface area contributed by atoms with Gasteiger partial charge in [-0.1, -0.05) is 140 Å². The summed E-state index contributed by atoms with van der Waals surface area (Å²) in [5.74, 6) is 0. The third kappa shape index (κ3) is 6.32. The van der Waals surface area contributed by atoms with E-state index in [4.69, 9.17) is 4.42 Å². The molecule has 6 aromatic carbocycles. The number of rotatable bonds is 2. The quantitative estimate of drug-likeness (QED) is 0.161. The third-order valence-electron chi connectivity index (χ3n) is 19.0. The Hall–Kier alpha value is -5.22. The zero-order valence-electron chi connectivity index (χ0n) is 45.9. The van der Waals surface area contributed by atoms with E-state index in [-0.39, 0.29) is 44.6 Å². The van der Waals surface area contributed by atoms with Gasteiger partial charge in [-0.2, -0.15) is 0 Å². The Morgan fingerprint density at radius 3 is 1.47 bits per heavy atom. The number of hydrogen-bond donors (Lipinski definition) is 0. The second kappa shape index (κ2) is 14.0. The summed E-state index contributed by atoms with van der Waals surface area (Å²) in [5, 5.41) is 2.37. The van der Waals surface area contributed by atoms with Crippen LogP contribution >= 0.6 is 0 Å². The van der Waals surface area contributed by atoms with Crippen molar-refractivity contribution in [2.24, 2.45) is 0 Å². The van der Waals surface area contributed by atoms with E-state index in [0.29, 0.717) is 0 Å². The minimum atomic E-state index is -0.0164. The van der Waals surface area contributed by atoms with Crippen LogP contribution in [0.1, 0.15) is 192 Å². The summed E-state index contributed by atoms with van der Waals surface area (Å²) in [6, 6.07) is 32.5. The molecule has 2 aliphatic heterocycles. The molecule has 0 saturated heterocycles. The van der Waals surface area contributed by atoms with Crippen molar-refractivity contribution in [2.75, 3.05) is 9.80 Å². The molecule has 0 saturated carbocycles. The molecule has 70 heavy (non-hydrogen) atoms. The average Bonchev–Trinajstić information content (AvgIpc) is 3.72. The Morgan fingerprint density at radius 2 is 0.929 bits per heavy atom. The largest absolute Gasteiger partial charge is 0.454 e. The normalized spacial score (nSPS) is 20.5. The maximum atomic E-state index is 7.35. The number of nitrogens with zero attached hydrogens (tertiary/aromatic N) is 2. The first kappa shape index (κ1) is 45.9. The van der Waals surface area contributed by atoms with Crippen molar-refractivity contribution in [3.63, 3.8) is 0 Å². The lowest BCUT2D eigenvalue weighted by Gasteiger charge is -2.47. The van der Waals surface area contributed by atoms with E-state index >= 15 is 0 Å². The molecule has 7 aromatic rings. The molecule has 4 heteroatoms. The van der Waals surface area contributed by atoms with Gasteiger partial charge in [0.1, 0.15) is 5.58 Å². The van der Waals surface area contributed by atoms with Gasteiger partial charge in [-0.05, 0) is 205 Å². The van der Waals surface area contributed by atoms with Crippen molar-refractivity contribution < 1.29 is 4.42 Å². The standard InChI is InChI=1S/C66H77BN2O/c1-37-27-54-57-55(28-37)69(52-34-47-44(30-39(52)3)62(9,10)24-26-64(47,13)14)58-49(21-20-41-42-31-40(60(4,5)6)19-22-56(42)70-59(41)58)67(57)50-32-45-48(66(17,18)36-65(45,15)16)35-53(50)68(54)51-33-46-43(29-38(51)2)61(7,8)23-25-63(46,11)12/h19-22,27-35H,23-26,36H2,1-18H3.